The van der Waals surface area contributed by atoms with E-state index in [0.29, 0.717) is 17.9 Å². The van der Waals surface area contributed by atoms with Crippen LogP contribution in [0.15, 0.2) is 0 Å². The van der Waals surface area contributed by atoms with E-state index < -0.39 is 0 Å². The van der Waals surface area contributed by atoms with Crippen LogP contribution in [0.1, 0.15) is 46.0 Å². The van der Waals surface area contributed by atoms with Crippen LogP contribution >= 0.6 is 0 Å². The molecule has 3 atom stereocenters. The molecule has 88 valence electrons. The summed E-state index contributed by atoms with van der Waals surface area (Å²) in [6.07, 6.45) is 6.32. The lowest BCUT2D eigenvalue weighted by atomic mass is 9.76. The molecule has 2 aliphatic rings. The minimum Gasteiger partial charge on any atom is -0.392 e. The second kappa shape index (κ2) is 4.84. The van der Waals surface area contributed by atoms with Gasteiger partial charge in [0.05, 0.1) is 18.8 Å². The highest BCUT2D eigenvalue weighted by molar-refractivity contribution is 4.84. The molecule has 2 rings (SSSR count). The minimum atomic E-state index is -0.109. The highest BCUT2D eigenvalue weighted by Crippen LogP contribution is 2.35. The van der Waals surface area contributed by atoms with Gasteiger partial charge in [0.25, 0.3) is 0 Å². The van der Waals surface area contributed by atoms with Crippen LogP contribution in [0.2, 0.25) is 0 Å². The predicted molar refractivity (Wildman–Crippen MR) is 60.6 cm³/mol. The van der Waals surface area contributed by atoms with Crippen molar-refractivity contribution in [3.63, 3.8) is 0 Å². The molecule has 2 heteroatoms. The number of hydrogen-bond donors (Lipinski definition) is 1. The summed E-state index contributed by atoms with van der Waals surface area (Å²) in [4.78, 5) is 0. The zero-order chi connectivity index (χ0) is 10.8. The number of aliphatic hydroxyl groups is 1. The average Bonchev–Trinajstić information content (AvgIpc) is 2.65. The molecule has 1 heterocycles. The summed E-state index contributed by atoms with van der Waals surface area (Å²) in [5.41, 5.74) is 0. The fourth-order valence-corrected chi connectivity index (χ4v) is 3.10. The van der Waals surface area contributed by atoms with Gasteiger partial charge in [-0.3, -0.25) is 0 Å². The van der Waals surface area contributed by atoms with Gasteiger partial charge in [-0.25, -0.2) is 0 Å². The first kappa shape index (κ1) is 11.4. The van der Waals surface area contributed by atoms with Crippen LogP contribution in [-0.4, -0.2) is 23.9 Å². The summed E-state index contributed by atoms with van der Waals surface area (Å²) in [5.74, 6) is 1.81. The van der Waals surface area contributed by atoms with E-state index in [0.717, 1.165) is 18.9 Å². The van der Waals surface area contributed by atoms with Crippen molar-refractivity contribution >= 4 is 0 Å². The Balaban J connectivity index is 1.82. The van der Waals surface area contributed by atoms with Crippen LogP contribution in [0, 0.1) is 17.8 Å². The maximum atomic E-state index is 10.3. The zero-order valence-electron chi connectivity index (χ0n) is 9.98. The third-order valence-corrected chi connectivity index (χ3v) is 4.26. The Labute approximate surface area is 93.0 Å². The molecule has 0 aromatic rings. The molecule has 0 radical (unpaired) electrons. The van der Waals surface area contributed by atoms with E-state index in [9.17, 15) is 5.11 Å². The summed E-state index contributed by atoms with van der Waals surface area (Å²) in [7, 11) is 0. The summed E-state index contributed by atoms with van der Waals surface area (Å²) < 4.78 is 5.54. The van der Waals surface area contributed by atoms with Crippen LogP contribution in [0.25, 0.3) is 0 Å². The number of hydrogen-bond acceptors (Lipinski definition) is 2. The van der Waals surface area contributed by atoms with Crippen molar-refractivity contribution in [3.05, 3.63) is 0 Å². The van der Waals surface area contributed by atoms with Crippen LogP contribution in [-0.2, 0) is 4.74 Å². The lowest BCUT2D eigenvalue weighted by Crippen LogP contribution is -2.32. The molecule has 2 fully saturated rings. The van der Waals surface area contributed by atoms with E-state index >= 15 is 0 Å². The molecule has 1 aliphatic carbocycles. The summed E-state index contributed by atoms with van der Waals surface area (Å²) in [6, 6.07) is 0. The molecule has 1 saturated carbocycles. The van der Waals surface area contributed by atoms with Gasteiger partial charge in [-0.05, 0) is 38.0 Å². The number of rotatable bonds is 2. The fraction of sp³-hybridized carbons (Fsp3) is 1.00. The number of ether oxygens (including phenoxy) is 1. The molecule has 0 amide bonds. The maximum Gasteiger partial charge on any atom is 0.0619 e. The Hall–Kier alpha value is -0.0800. The molecule has 2 nitrogen and oxygen atoms in total. The molecule has 0 bridgehead atoms. The molecule has 15 heavy (non-hydrogen) atoms. The standard InChI is InChI=1S/C13H24O2/c1-9-3-5-11(6-4-9)13(14)12-7-10(2)15-8-12/h9-14H,3-8H2,1-2H3. The first-order valence-corrected chi connectivity index (χ1v) is 6.46. The smallest absolute Gasteiger partial charge is 0.0619 e. The molecule has 1 N–H and O–H groups in total. The van der Waals surface area contributed by atoms with Crippen LogP contribution in [0.5, 0.6) is 0 Å². The van der Waals surface area contributed by atoms with E-state index in [1.165, 1.54) is 25.7 Å². The van der Waals surface area contributed by atoms with Gasteiger partial charge in [0.1, 0.15) is 0 Å². The average molecular weight is 212 g/mol. The third-order valence-electron chi connectivity index (χ3n) is 4.26. The molecule has 0 aromatic heterocycles. The highest BCUT2D eigenvalue weighted by Gasteiger charge is 2.34. The normalized spacial score (nSPS) is 44.2. The SMILES string of the molecule is CC1CCC(C(O)C2COC(C)C2)CC1. The lowest BCUT2D eigenvalue weighted by Gasteiger charge is -2.32. The van der Waals surface area contributed by atoms with Crippen molar-refractivity contribution < 1.29 is 9.84 Å². The maximum absolute atomic E-state index is 10.3. The Bertz CT molecular complexity index is 197. The monoisotopic (exact) mass is 212 g/mol. The summed E-state index contributed by atoms with van der Waals surface area (Å²) in [5, 5.41) is 10.3. The first-order chi connectivity index (χ1) is 7.16. The Morgan fingerprint density at radius 3 is 2.27 bits per heavy atom. The molecule has 1 aliphatic heterocycles. The van der Waals surface area contributed by atoms with E-state index in [1.54, 1.807) is 0 Å². The lowest BCUT2D eigenvalue weighted by molar-refractivity contribution is 0.0211. The van der Waals surface area contributed by atoms with E-state index in [4.69, 9.17) is 4.74 Å². The first-order valence-electron chi connectivity index (χ1n) is 6.46. The Morgan fingerprint density at radius 2 is 1.73 bits per heavy atom. The minimum absolute atomic E-state index is 0.109. The Morgan fingerprint density at radius 1 is 1.07 bits per heavy atom. The van der Waals surface area contributed by atoms with Gasteiger partial charge >= 0.3 is 0 Å². The van der Waals surface area contributed by atoms with Crippen molar-refractivity contribution in [2.24, 2.45) is 17.8 Å². The van der Waals surface area contributed by atoms with Crippen molar-refractivity contribution in [3.8, 4) is 0 Å². The summed E-state index contributed by atoms with van der Waals surface area (Å²) >= 11 is 0. The van der Waals surface area contributed by atoms with Crippen molar-refractivity contribution in [1.29, 1.82) is 0 Å². The predicted octanol–water partition coefficient (Wildman–Crippen LogP) is 2.60. The van der Waals surface area contributed by atoms with Gasteiger partial charge < -0.3 is 9.84 Å². The number of aliphatic hydroxyl groups excluding tert-OH is 1. The van der Waals surface area contributed by atoms with Crippen LogP contribution in [0.4, 0.5) is 0 Å². The fourth-order valence-electron chi connectivity index (χ4n) is 3.10. The molecular weight excluding hydrogens is 188 g/mol. The molecule has 0 aromatic carbocycles. The van der Waals surface area contributed by atoms with Crippen molar-refractivity contribution in [2.75, 3.05) is 6.61 Å². The largest absolute Gasteiger partial charge is 0.392 e. The van der Waals surface area contributed by atoms with E-state index in [1.807, 2.05) is 0 Å². The van der Waals surface area contributed by atoms with Gasteiger partial charge in [-0.15, -0.1) is 0 Å². The molecule has 3 unspecified atom stereocenters. The van der Waals surface area contributed by atoms with Gasteiger partial charge in [0.2, 0.25) is 0 Å². The zero-order valence-corrected chi connectivity index (χ0v) is 9.98. The van der Waals surface area contributed by atoms with Crippen LogP contribution in [0.3, 0.4) is 0 Å². The second-order valence-corrected chi connectivity index (χ2v) is 5.65. The third kappa shape index (κ3) is 2.73. The van der Waals surface area contributed by atoms with Crippen molar-refractivity contribution in [2.45, 2.75) is 58.2 Å². The Kier molecular flexibility index (Phi) is 3.68. The van der Waals surface area contributed by atoms with Gasteiger partial charge in [0, 0.05) is 5.92 Å². The van der Waals surface area contributed by atoms with Crippen molar-refractivity contribution in [1.82, 2.24) is 0 Å². The second-order valence-electron chi connectivity index (χ2n) is 5.65. The molecule has 1 saturated heterocycles. The van der Waals surface area contributed by atoms with Gasteiger partial charge in [-0.1, -0.05) is 19.8 Å². The van der Waals surface area contributed by atoms with Gasteiger partial charge in [-0.2, -0.15) is 0 Å². The van der Waals surface area contributed by atoms with Crippen LogP contribution < -0.4 is 0 Å². The quantitative estimate of drug-likeness (QED) is 0.762. The molecular formula is C13H24O2. The van der Waals surface area contributed by atoms with E-state index in [2.05, 4.69) is 13.8 Å². The highest BCUT2D eigenvalue weighted by atomic mass is 16.5. The van der Waals surface area contributed by atoms with E-state index in [-0.39, 0.29) is 6.10 Å². The summed E-state index contributed by atoms with van der Waals surface area (Å²) in [6.45, 7) is 5.20. The van der Waals surface area contributed by atoms with Gasteiger partial charge in [0.15, 0.2) is 0 Å². The topological polar surface area (TPSA) is 29.5 Å². The molecule has 0 spiro atoms.